The lowest BCUT2D eigenvalue weighted by Gasteiger charge is -2.27. The van der Waals surface area contributed by atoms with Crippen molar-refractivity contribution in [2.24, 2.45) is 5.73 Å². The van der Waals surface area contributed by atoms with Crippen LogP contribution in [0.5, 0.6) is 23.0 Å². The van der Waals surface area contributed by atoms with E-state index in [0.29, 0.717) is 35.2 Å². The Labute approximate surface area is 210 Å². The predicted octanol–water partition coefficient (Wildman–Crippen LogP) is 5.24. The number of carbonyl (C=O) groups excluding carboxylic acids is 1. The van der Waals surface area contributed by atoms with Crippen molar-refractivity contribution in [1.82, 2.24) is 0 Å². The van der Waals surface area contributed by atoms with Gasteiger partial charge in [0, 0.05) is 17.7 Å². The van der Waals surface area contributed by atoms with Crippen molar-refractivity contribution in [3.8, 4) is 29.1 Å². The first-order valence-corrected chi connectivity index (χ1v) is 11.4. The van der Waals surface area contributed by atoms with Crippen LogP contribution >= 0.6 is 0 Å². The number of allylic oxidation sites excluding steroid dienone is 1. The maximum absolute atomic E-state index is 12.4. The molecule has 0 aromatic heterocycles. The Balaban J connectivity index is 1.62. The van der Waals surface area contributed by atoms with E-state index in [4.69, 9.17) is 24.7 Å². The van der Waals surface area contributed by atoms with Gasteiger partial charge in [-0.2, -0.15) is 5.26 Å². The summed E-state index contributed by atoms with van der Waals surface area (Å²) in [4.78, 5) is 12.4. The molecule has 36 heavy (non-hydrogen) atoms. The average Bonchev–Trinajstić information content (AvgIpc) is 2.88. The second-order valence-corrected chi connectivity index (χ2v) is 8.13. The molecule has 0 saturated carbocycles. The second kappa shape index (κ2) is 10.7. The summed E-state index contributed by atoms with van der Waals surface area (Å²) < 4.78 is 22.3. The smallest absolute Gasteiger partial charge is 0.336 e. The van der Waals surface area contributed by atoms with Crippen molar-refractivity contribution < 1.29 is 23.7 Å². The van der Waals surface area contributed by atoms with E-state index in [1.54, 1.807) is 37.5 Å². The van der Waals surface area contributed by atoms with Crippen molar-refractivity contribution in [3.05, 3.63) is 100 Å². The summed E-state index contributed by atoms with van der Waals surface area (Å²) in [5.41, 5.74) is 9.91. The van der Waals surface area contributed by atoms with Crippen LogP contribution in [0.2, 0.25) is 0 Å². The van der Waals surface area contributed by atoms with E-state index in [0.717, 1.165) is 16.7 Å². The summed E-state index contributed by atoms with van der Waals surface area (Å²) in [6.07, 6.45) is 3.05. The number of nitriles is 1. The number of hydrogen-bond donors (Lipinski definition) is 1. The molecule has 1 heterocycles. The SMILES string of the molecule is CCOc1ccc(C2C(C#N)=C(N)Oc3cc(OC(=O)/C=C/c4ccc(C)cc4)ccc32)cc1OC. The van der Waals surface area contributed by atoms with Gasteiger partial charge in [-0.15, -0.1) is 0 Å². The zero-order valence-corrected chi connectivity index (χ0v) is 20.3. The predicted molar refractivity (Wildman–Crippen MR) is 136 cm³/mol. The van der Waals surface area contributed by atoms with Crippen molar-refractivity contribution in [3.63, 3.8) is 0 Å². The van der Waals surface area contributed by atoms with Gasteiger partial charge in [0.25, 0.3) is 0 Å². The minimum absolute atomic E-state index is 0.00871. The molecule has 1 aliphatic rings. The topological polar surface area (TPSA) is 104 Å². The van der Waals surface area contributed by atoms with E-state index in [2.05, 4.69) is 6.07 Å². The van der Waals surface area contributed by atoms with Gasteiger partial charge < -0.3 is 24.7 Å². The molecule has 3 aromatic carbocycles. The van der Waals surface area contributed by atoms with Crippen LogP contribution in [0, 0.1) is 18.3 Å². The molecule has 7 heteroatoms. The Hall–Kier alpha value is -4.70. The summed E-state index contributed by atoms with van der Waals surface area (Å²) in [6.45, 7) is 4.38. The van der Waals surface area contributed by atoms with Gasteiger partial charge in [0.1, 0.15) is 23.1 Å². The number of nitrogens with two attached hydrogens (primary N) is 1. The molecule has 0 spiro atoms. The Kier molecular flexibility index (Phi) is 7.26. The van der Waals surface area contributed by atoms with E-state index in [-0.39, 0.29) is 11.5 Å². The Bertz CT molecular complexity index is 1380. The Morgan fingerprint density at radius 1 is 1.11 bits per heavy atom. The molecular formula is C29H26N2O5. The highest BCUT2D eigenvalue weighted by atomic mass is 16.5. The number of methoxy groups -OCH3 is 1. The van der Waals surface area contributed by atoms with Gasteiger partial charge >= 0.3 is 5.97 Å². The van der Waals surface area contributed by atoms with Crippen LogP contribution in [0.1, 0.15) is 35.1 Å². The van der Waals surface area contributed by atoms with Gasteiger partial charge in [0.05, 0.1) is 19.6 Å². The molecule has 0 fully saturated rings. The van der Waals surface area contributed by atoms with Crippen molar-refractivity contribution in [1.29, 1.82) is 5.26 Å². The van der Waals surface area contributed by atoms with Crippen LogP contribution in [-0.4, -0.2) is 19.7 Å². The molecule has 3 aromatic rings. The molecule has 0 bridgehead atoms. The number of ether oxygens (including phenoxy) is 4. The Morgan fingerprint density at radius 3 is 2.58 bits per heavy atom. The van der Waals surface area contributed by atoms with E-state index in [1.165, 1.54) is 6.08 Å². The first-order chi connectivity index (χ1) is 17.4. The molecule has 0 aliphatic carbocycles. The fourth-order valence-electron chi connectivity index (χ4n) is 3.97. The van der Waals surface area contributed by atoms with Gasteiger partial charge in [-0.1, -0.05) is 42.0 Å². The lowest BCUT2D eigenvalue weighted by Crippen LogP contribution is -2.21. The van der Waals surface area contributed by atoms with E-state index in [1.807, 2.05) is 50.2 Å². The maximum Gasteiger partial charge on any atom is 0.336 e. The van der Waals surface area contributed by atoms with Gasteiger partial charge in [0.15, 0.2) is 11.5 Å². The molecule has 2 N–H and O–H groups in total. The van der Waals surface area contributed by atoms with E-state index in [9.17, 15) is 10.1 Å². The standard InChI is InChI=1S/C29H26N2O5/c1-4-34-24-13-10-20(15-26(24)33-3)28-22-12-11-21(16-25(22)36-29(31)23(28)17-30)35-27(32)14-9-19-7-5-18(2)6-8-19/h5-16,28H,4,31H2,1-3H3/b14-9+. The zero-order valence-electron chi connectivity index (χ0n) is 20.3. The number of hydrogen-bond acceptors (Lipinski definition) is 7. The van der Waals surface area contributed by atoms with Crippen molar-refractivity contribution in [2.45, 2.75) is 19.8 Å². The van der Waals surface area contributed by atoms with Gasteiger partial charge in [-0.3, -0.25) is 0 Å². The normalized spacial score (nSPS) is 14.6. The average molecular weight is 483 g/mol. The fourth-order valence-corrected chi connectivity index (χ4v) is 3.97. The molecule has 4 rings (SSSR count). The van der Waals surface area contributed by atoms with Crippen LogP contribution in [0.3, 0.4) is 0 Å². The molecular weight excluding hydrogens is 456 g/mol. The molecule has 1 aliphatic heterocycles. The summed E-state index contributed by atoms with van der Waals surface area (Å²) in [5.74, 6) is 0.817. The van der Waals surface area contributed by atoms with Crippen LogP contribution in [-0.2, 0) is 4.79 Å². The number of carbonyl (C=O) groups is 1. The van der Waals surface area contributed by atoms with E-state index >= 15 is 0 Å². The largest absolute Gasteiger partial charge is 0.493 e. The van der Waals surface area contributed by atoms with Crippen LogP contribution < -0.4 is 24.7 Å². The highest BCUT2D eigenvalue weighted by molar-refractivity contribution is 5.88. The summed E-state index contributed by atoms with van der Waals surface area (Å²) in [5, 5.41) is 9.83. The van der Waals surface area contributed by atoms with Crippen LogP contribution in [0.15, 0.2) is 78.2 Å². The maximum atomic E-state index is 12.4. The van der Waals surface area contributed by atoms with Gasteiger partial charge in [0.2, 0.25) is 5.88 Å². The second-order valence-electron chi connectivity index (χ2n) is 8.13. The molecule has 0 radical (unpaired) electrons. The number of rotatable bonds is 7. The fraction of sp³-hybridized carbons (Fsp3) is 0.172. The summed E-state index contributed by atoms with van der Waals surface area (Å²) in [7, 11) is 1.56. The molecule has 1 atom stereocenters. The van der Waals surface area contributed by atoms with Crippen molar-refractivity contribution >= 4 is 12.0 Å². The zero-order chi connectivity index (χ0) is 25.7. The van der Waals surface area contributed by atoms with Crippen LogP contribution in [0.25, 0.3) is 6.08 Å². The number of benzene rings is 3. The third-order valence-electron chi connectivity index (χ3n) is 5.72. The molecule has 7 nitrogen and oxygen atoms in total. The molecule has 0 saturated heterocycles. The number of nitrogens with zero attached hydrogens (tertiary/aromatic N) is 1. The van der Waals surface area contributed by atoms with Crippen molar-refractivity contribution in [2.75, 3.05) is 13.7 Å². The number of fused-ring (bicyclic) bond motifs is 1. The summed E-state index contributed by atoms with van der Waals surface area (Å²) >= 11 is 0. The number of esters is 1. The monoisotopic (exact) mass is 482 g/mol. The minimum atomic E-state index is -0.527. The molecule has 1 unspecified atom stereocenters. The highest BCUT2D eigenvalue weighted by Crippen LogP contribution is 2.45. The minimum Gasteiger partial charge on any atom is -0.493 e. The molecule has 182 valence electrons. The number of aryl methyl sites for hydroxylation is 1. The van der Waals surface area contributed by atoms with Gasteiger partial charge in [-0.05, 0) is 49.2 Å². The Morgan fingerprint density at radius 2 is 1.89 bits per heavy atom. The van der Waals surface area contributed by atoms with Crippen LogP contribution in [0.4, 0.5) is 0 Å². The third-order valence-corrected chi connectivity index (χ3v) is 5.72. The first kappa shape index (κ1) is 24.4. The summed E-state index contributed by atoms with van der Waals surface area (Å²) in [6, 6.07) is 20.4. The third kappa shape index (κ3) is 5.18. The van der Waals surface area contributed by atoms with Gasteiger partial charge in [-0.25, -0.2) is 4.79 Å². The lowest BCUT2D eigenvalue weighted by atomic mass is 9.83. The van der Waals surface area contributed by atoms with E-state index < -0.39 is 11.9 Å². The first-order valence-electron chi connectivity index (χ1n) is 11.4. The lowest BCUT2D eigenvalue weighted by molar-refractivity contribution is -0.128. The highest BCUT2D eigenvalue weighted by Gasteiger charge is 2.31. The quantitative estimate of drug-likeness (QED) is 0.279. The molecule has 0 amide bonds.